The van der Waals surface area contributed by atoms with Gasteiger partial charge in [0.15, 0.2) is 0 Å². The van der Waals surface area contributed by atoms with Crippen LogP contribution in [0, 0.1) is 5.92 Å². The van der Waals surface area contributed by atoms with E-state index in [4.69, 9.17) is 0 Å². The Hall–Kier alpha value is -1.66. The zero-order chi connectivity index (χ0) is 15.4. The summed E-state index contributed by atoms with van der Waals surface area (Å²) in [5.74, 6) is -0.536. The van der Waals surface area contributed by atoms with Crippen molar-refractivity contribution < 1.29 is 23.1 Å². The lowest BCUT2D eigenvalue weighted by Gasteiger charge is -2.28. The molecule has 0 aromatic carbocycles. The Balaban J connectivity index is 2.85. The van der Waals surface area contributed by atoms with Crippen LogP contribution in [0.4, 0.5) is 13.6 Å². The van der Waals surface area contributed by atoms with Gasteiger partial charge in [-0.05, 0) is 19.3 Å². The standard InChI is InChI=1S/C13H20F2N2O3/c1-7(2)10(16-13(19)20-4)12(18)17-6-9(11(14)15)5-8(17)3/h7-8,10H,5-6H2,1-4H3,(H,16,19)/t8-,10?/m1/s1. The number of nitrogens with one attached hydrogen (secondary N) is 1. The van der Waals surface area contributed by atoms with E-state index < -0.39 is 18.2 Å². The quantitative estimate of drug-likeness (QED) is 0.866. The van der Waals surface area contributed by atoms with E-state index in [1.165, 1.54) is 12.0 Å². The average Bonchev–Trinajstić information content (AvgIpc) is 2.76. The molecule has 1 heterocycles. The highest BCUT2D eigenvalue weighted by atomic mass is 19.3. The van der Waals surface area contributed by atoms with Crippen LogP contribution in [0.3, 0.4) is 0 Å². The number of carbonyl (C=O) groups is 2. The highest BCUT2D eigenvalue weighted by Gasteiger charge is 2.36. The fraction of sp³-hybridized carbons (Fsp3) is 0.692. The average molecular weight is 290 g/mol. The summed E-state index contributed by atoms with van der Waals surface area (Å²) in [6.07, 6.45) is -2.28. The fourth-order valence-electron chi connectivity index (χ4n) is 2.20. The maximum absolute atomic E-state index is 12.6. The molecule has 1 unspecified atom stereocenters. The molecule has 114 valence electrons. The molecule has 1 saturated heterocycles. The predicted octanol–water partition coefficient (Wildman–Crippen LogP) is 2.14. The molecule has 2 atom stereocenters. The number of nitrogens with zero attached hydrogens (tertiary/aromatic N) is 1. The van der Waals surface area contributed by atoms with Gasteiger partial charge in [-0.25, -0.2) is 4.79 Å². The molecular weight excluding hydrogens is 270 g/mol. The molecule has 1 N–H and O–H groups in total. The van der Waals surface area contributed by atoms with Crippen molar-refractivity contribution in [3.8, 4) is 0 Å². The molecule has 0 bridgehead atoms. The number of methoxy groups -OCH3 is 1. The van der Waals surface area contributed by atoms with E-state index in [-0.39, 0.29) is 36.4 Å². The van der Waals surface area contributed by atoms with Crippen molar-refractivity contribution in [2.75, 3.05) is 13.7 Å². The molecule has 1 aliphatic rings. The third kappa shape index (κ3) is 3.68. The lowest BCUT2D eigenvalue weighted by Crippen LogP contribution is -2.52. The Kier molecular flexibility index (Phi) is 5.47. The van der Waals surface area contributed by atoms with Gasteiger partial charge in [0.2, 0.25) is 5.91 Å². The van der Waals surface area contributed by atoms with Crippen LogP contribution in [0.1, 0.15) is 27.2 Å². The number of rotatable bonds is 3. The van der Waals surface area contributed by atoms with Crippen LogP contribution in [0.15, 0.2) is 11.7 Å². The van der Waals surface area contributed by atoms with Crippen molar-refractivity contribution >= 4 is 12.0 Å². The summed E-state index contributed by atoms with van der Waals surface area (Å²) < 4.78 is 29.7. The minimum atomic E-state index is -1.73. The summed E-state index contributed by atoms with van der Waals surface area (Å²) >= 11 is 0. The normalized spacial score (nSPS) is 20.1. The summed E-state index contributed by atoms with van der Waals surface area (Å²) in [6.45, 7) is 5.16. The first-order valence-corrected chi connectivity index (χ1v) is 6.45. The topological polar surface area (TPSA) is 58.6 Å². The number of hydrogen-bond acceptors (Lipinski definition) is 3. The number of amides is 2. The minimum absolute atomic E-state index is 0.0218. The number of halogens is 2. The molecule has 0 radical (unpaired) electrons. The highest BCUT2D eigenvalue weighted by molar-refractivity contribution is 5.86. The molecule has 0 spiro atoms. The number of alkyl carbamates (subject to hydrolysis) is 1. The van der Waals surface area contributed by atoms with Gasteiger partial charge in [-0.1, -0.05) is 13.8 Å². The van der Waals surface area contributed by atoms with Crippen molar-refractivity contribution in [2.24, 2.45) is 5.92 Å². The maximum Gasteiger partial charge on any atom is 0.407 e. The van der Waals surface area contributed by atoms with Crippen LogP contribution in [-0.2, 0) is 9.53 Å². The number of ether oxygens (including phenoxy) is 1. The van der Waals surface area contributed by atoms with Crippen LogP contribution in [0.2, 0.25) is 0 Å². The van der Waals surface area contributed by atoms with E-state index in [0.717, 1.165) is 0 Å². The van der Waals surface area contributed by atoms with Crippen molar-refractivity contribution in [1.82, 2.24) is 10.2 Å². The Bertz CT molecular complexity index is 420. The van der Waals surface area contributed by atoms with Gasteiger partial charge in [-0.2, -0.15) is 8.78 Å². The Morgan fingerprint density at radius 1 is 1.40 bits per heavy atom. The molecule has 5 nitrogen and oxygen atoms in total. The second-order valence-electron chi connectivity index (χ2n) is 5.24. The first-order chi connectivity index (χ1) is 9.27. The molecule has 0 aromatic heterocycles. The number of likely N-dealkylation sites (tertiary alicyclic amines) is 1. The van der Waals surface area contributed by atoms with Gasteiger partial charge in [0.1, 0.15) is 6.04 Å². The van der Waals surface area contributed by atoms with Gasteiger partial charge >= 0.3 is 6.09 Å². The first-order valence-electron chi connectivity index (χ1n) is 6.45. The van der Waals surface area contributed by atoms with E-state index in [2.05, 4.69) is 10.1 Å². The zero-order valence-electron chi connectivity index (χ0n) is 12.1. The summed E-state index contributed by atoms with van der Waals surface area (Å²) in [4.78, 5) is 25.0. The highest BCUT2D eigenvalue weighted by Crippen LogP contribution is 2.27. The molecule has 1 fully saturated rings. The number of hydrogen-bond donors (Lipinski definition) is 1. The maximum atomic E-state index is 12.6. The van der Waals surface area contributed by atoms with Crippen LogP contribution in [-0.4, -0.2) is 42.6 Å². The first kappa shape index (κ1) is 16.4. The monoisotopic (exact) mass is 290 g/mol. The predicted molar refractivity (Wildman–Crippen MR) is 69.2 cm³/mol. The van der Waals surface area contributed by atoms with Crippen LogP contribution in [0.5, 0.6) is 0 Å². The summed E-state index contributed by atoms with van der Waals surface area (Å²) in [6, 6.07) is -1.09. The lowest BCUT2D eigenvalue weighted by atomic mass is 10.0. The van der Waals surface area contributed by atoms with Gasteiger partial charge < -0.3 is 15.0 Å². The van der Waals surface area contributed by atoms with Crippen molar-refractivity contribution in [3.63, 3.8) is 0 Å². The van der Waals surface area contributed by atoms with Crippen molar-refractivity contribution in [3.05, 3.63) is 11.7 Å². The minimum Gasteiger partial charge on any atom is -0.453 e. The SMILES string of the molecule is COC(=O)NC(C(=O)N1CC(=C(F)F)C[C@H]1C)C(C)C. The Morgan fingerprint density at radius 3 is 2.40 bits per heavy atom. The molecular formula is C13H20F2N2O3. The molecule has 2 amide bonds. The lowest BCUT2D eigenvalue weighted by molar-refractivity contribution is -0.134. The fourth-order valence-corrected chi connectivity index (χ4v) is 2.20. The van der Waals surface area contributed by atoms with Gasteiger partial charge in [-0.15, -0.1) is 0 Å². The van der Waals surface area contributed by atoms with Gasteiger partial charge in [0, 0.05) is 18.2 Å². The summed E-state index contributed by atoms with van der Waals surface area (Å²) in [5.41, 5.74) is -0.0218. The molecule has 7 heteroatoms. The smallest absolute Gasteiger partial charge is 0.407 e. The zero-order valence-corrected chi connectivity index (χ0v) is 12.1. The van der Waals surface area contributed by atoms with E-state index >= 15 is 0 Å². The van der Waals surface area contributed by atoms with Crippen LogP contribution >= 0.6 is 0 Å². The van der Waals surface area contributed by atoms with Crippen LogP contribution < -0.4 is 5.32 Å². The molecule has 0 aliphatic carbocycles. The van der Waals surface area contributed by atoms with Crippen molar-refractivity contribution in [2.45, 2.75) is 39.3 Å². The second-order valence-corrected chi connectivity index (χ2v) is 5.24. The van der Waals surface area contributed by atoms with E-state index in [1.54, 1.807) is 20.8 Å². The molecule has 1 aliphatic heterocycles. The van der Waals surface area contributed by atoms with Gasteiger partial charge in [-0.3, -0.25) is 4.79 Å². The molecule has 20 heavy (non-hydrogen) atoms. The van der Waals surface area contributed by atoms with E-state index in [9.17, 15) is 18.4 Å². The number of carbonyl (C=O) groups excluding carboxylic acids is 2. The van der Waals surface area contributed by atoms with E-state index in [0.29, 0.717) is 0 Å². The Morgan fingerprint density at radius 2 is 2.00 bits per heavy atom. The Labute approximate surface area is 117 Å². The largest absolute Gasteiger partial charge is 0.453 e. The third-order valence-corrected chi connectivity index (χ3v) is 3.38. The van der Waals surface area contributed by atoms with E-state index in [1.807, 2.05) is 0 Å². The summed E-state index contributed by atoms with van der Waals surface area (Å²) in [5, 5.41) is 2.45. The van der Waals surface area contributed by atoms with Crippen molar-refractivity contribution in [1.29, 1.82) is 0 Å². The second kappa shape index (κ2) is 6.67. The van der Waals surface area contributed by atoms with Gasteiger partial charge in [0.25, 0.3) is 6.08 Å². The third-order valence-electron chi connectivity index (χ3n) is 3.38. The molecule has 0 saturated carbocycles. The summed E-state index contributed by atoms with van der Waals surface area (Å²) in [7, 11) is 1.20. The molecule has 0 aromatic rings. The van der Waals surface area contributed by atoms with Crippen LogP contribution in [0.25, 0.3) is 0 Å². The van der Waals surface area contributed by atoms with Gasteiger partial charge in [0.05, 0.1) is 7.11 Å². The molecule has 1 rings (SSSR count).